The second-order valence-electron chi connectivity index (χ2n) is 8.80. The van der Waals surface area contributed by atoms with Crippen LogP contribution in [0, 0.1) is 11.8 Å². The van der Waals surface area contributed by atoms with Crippen LogP contribution in [-0.4, -0.2) is 38.7 Å². The van der Waals surface area contributed by atoms with Gasteiger partial charge in [0.05, 0.1) is 5.54 Å². The van der Waals surface area contributed by atoms with Gasteiger partial charge in [-0.3, -0.25) is 0 Å². The number of benzene rings is 1. The lowest BCUT2D eigenvalue weighted by Gasteiger charge is -2.46. The highest BCUT2D eigenvalue weighted by Crippen LogP contribution is 2.40. The van der Waals surface area contributed by atoms with Crippen molar-refractivity contribution in [3.05, 3.63) is 48.1 Å². The summed E-state index contributed by atoms with van der Waals surface area (Å²) in [7, 11) is 0. The molecule has 0 saturated heterocycles. The van der Waals surface area contributed by atoms with Crippen LogP contribution in [0.25, 0.3) is 17.0 Å². The Morgan fingerprint density at radius 2 is 1.93 bits per heavy atom. The molecular weight excluding hydrogens is 360 g/mol. The van der Waals surface area contributed by atoms with E-state index in [0.717, 1.165) is 23.2 Å². The number of nitrogens with two attached hydrogens (primary N) is 1. The van der Waals surface area contributed by atoms with Gasteiger partial charge in [-0.1, -0.05) is 75.6 Å². The first-order valence-corrected chi connectivity index (χ1v) is 10.8. The van der Waals surface area contributed by atoms with Gasteiger partial charge < -0.3 is 11.1 Å². The quantitative estimate of drug-likeness (QED) is 0.697. The van der Waals surface area contributed by atoms with Crippen molar-refractivity contribution in [3.8, 4) is 11.4 Å². The van der Waals surface area contributed by atoms with Crippen LogP contribution in [0.4, 0.5) is 0 Å². The van der Waals surface area contributed by atoms with E-state index in [-0.39, 0.29) is 11.6 Å². The first kappa shape index (κ1) is 20.0. The van der Waals surface area contributed by atoms with Gasteiger partial charge in [-0.05, 0) is 47.6 Å². The molecular formula is C23H32N6. The molecule has 1 fully saturated rings. The van der Waals surface area contributed by atoms with Crippen molar-refractivity contribution in [2.75, 3.05) is 6.54 Å². The minimum absolute atomic E-state index is 0.0809. The summed E-state index contributed by atoms with van der Waals surface area (Å²) in [6, 6.07) is 8.09. The molecule has 1 saturated carbocycles. The fourth-order valence-corrected chi connectivity index (χ4v) is 4.80. The topological polar surface area (TPSA) is 92.5 Å². The van der Waals surface area contributed by atoms with Crippen LogP contribution in [0.3, 0.4) is 0 Å². The van der Waals surface area contributed by atoms with Crippen LogP contribution >= 0.6 is 0 Å². The number of hydrogen-bond donors (Lipinski definition) is 3. The zero-order chi connectivity index (χ0) is 20.3. The van der Waals surface area contributed by atoms with Crippen molar-refractivity contribution in [2.45, 2.75) is 57.5 Å². The molecule has 2 aliphatic carbocycles. The first-order valence-electron chi connectivity index (χ1n) is 10.8. The van der Waals surface area contributed by atoms with Crippen LogP contribution in [0.2, 0.25) is 0 Å². The lowest BCUT2D eigenvalue weighted by molar-refractivity contribution is 0.183. The molecule has 2 aromatic rings. The smallest absolute Gasteiger partial charge is 0.205 e. The molecule has 1 aromatic heterocycles. The van der Waals surface area contributed by atoms with E-state index in [4.69, 9.17) is 5.73 Å². The molecule has 2 atom stereocenters. The number of tetrazole rings is 1. The van der Waals surface area contributed by atoms with E-state index < -0.39 is 0 Å². The van der Waals surface area contributed by atoms with Gasteiger partial charge in [-0.15, -0.1) is 10.2 Å². The summed E-state index contributed by atoms with van der Waals surface area (Å²) in [5, 5.41) is 18.5. The average molecular weight is 393 g/mol. The fraction of sp³-hybridized carbons (Fsp3) is 0.522. The fourth-order valence-electron chi connectivity index (χ4n) is 4.80. The SMILES string of the molecule is CC(C)CNC1(C2CCCCC2)C=CC(c2ccccc2-c2nn[nH]n2)=CC1N. The lowest BCUT2D eigenvalue weighted by Crippen LogP contribution is -2.62. The van der Waals surface area contributed by atoms with E-state index in [1.54, 1.807) is 0 Å². The third-order valence-corrected chi connectivity index (χ3v) is 6.37. The maximum Gasteiger partial charge on any atom is 0.205 e. The summed E-state index contributed by atoms with van der Waals surface area (Å²) in [5.41, 5.74) is 9.88. The van der Waals surface area contributed by atoms with Gasteiger partial charge in [0.15, 0.2) is 0 Å². The Labute approximate surface area is 173 Å². The molecule has 4 N–H and O–H groups in total. The van der Waals surface area contributed by atoms with Crippen LogP contribution < -0.4 is 11.1 Å². The molecule has 0 bridgehead atoms. The molecule has 6 heteroatoms. The third-order valence-electron chi connectivity index (χ3n) is 6.37. The molecule has 0 spiro atoms. The maximum atomic E-state index is 6.89. The maximum absolute atomic E-state index is 6.89. The largest absolute Gasteiger partial charge is 0.323 e. The molecule has 1 aromatic carbocycles. The summed E-state index contributed by atoms with van der Waals surface area (Å²) >= 11 is 0. The van der Waals surface area contributed by atoms with Gasteiger partial charge >= 0.3 is 0 Å². The molecule has 29 heavy (non-hydrogen) atoms. The van der Waals surface area contributed by atoms with E-state index in [0.29, 0.717) is 17.7 Å². The van der Waals surface area contributed by atoms with Gasteiger partial charge in [0, 0.05) is 11.6 Å². The van der Waals surface area contributed by atoms with E-state index in [1.807, 2.05) is 18.2 Å². The number of aromatic nitrogens is 4. The molecule has 154 valence electrons. The van der Waals surface area contributed by atoms with Crippen LogP contribution in [-0.2, 0) is 0 Å². The number of nitrogens with one attached hydrogen (secondary N) is 2. The normalized spacial score (nSPS) is 25.4. The number of aromatic amines is 1. The Hall–Kier alpha value is -2.31. The van der Waals surface area contributed by atoms with Gasteiger partial charge in [0.25, 0.3) is 0 Å². The Morgan fingerprint density at radius 3 is 2.59 bits per heavy atom. The molecule has 2 aliphatic rings. The molecule has 2 unspecified atom stereocenters. The lowest BCUT2D eigenvalue weighted by atomic mass is 9.68. The van der Waals surface area contributed by atoms with E-state index in [9.17, 15) is 0 Å². The van der Waals surface area contributed by atoms with Crippen molar-refractivity contribution in [1.82, 2.24) is 25.9 Å². The summed E-state index contributed by atoms with van der Waals surface area (Å²) < 4.78 is 0. The second-order valence-corrected chi connectivity index (χ2v) is 8.80. The van der Waals surface area contributed by atoms with E-state index in [1.165, 1.54) is 32.1 Å². The minimum Gasteiger partial charge on any atom is -0.323 e. The van der Waals surface area contributed by atoms with Crippen molar-refractivity contribution < 1.29 is 0 Å². The number of hydrogen-bond acceptors (Lipinski definition) is 5. The number of nitrogens with zero attached hydrogens (tertiary/aromatic N) is 3. The Kier molecular flexibility index (Phi) is 5.92. The first-order chi connectivity index (χ1) is 14.1. The highest BCUT2D eigenvalue weighted by Gasteiger charge is 2.42. The van der Waals surface area contributed by atoms with Crippen LogP contribution in [0.15, 0.2) is 42.5 Å². The van der Waals surface area contributed by atoms with E-state index in [2.05, 4.69) is 64.1 Å². The van der Waals surface area contributed by atoms with Crippen molar-refractivity contribution in [1.29, 1.82) is 0 Å². The molecule has 6 nitrogen and oxygen atoms in total. The summed E-state index contributed by atoms with van der Waals surface area (Å²) in [6.45, 7) is 5.47. The summed E-state index contributed by atoms with van der Waals surface area (Å²) in [4.78, 5) is 0. The number of H-pyrrole nitrogens is 1. The Bertz CT molecular complexity index is 863. The highest BCUT2D eigenvalue weighted by molar-refractivity contribution is 5.85. The summed E-state index contributed by atoms with van der Waals surface area (Å²) in [6.07, 6.45) is 13.2. The van der Waals surface area contributed by atoms with Crippen LogP contribution in [0.1, 0.15) is 51.5 Å². The van der Waals surface area contributed by atoms with E-state index >= 15 is 0 Å². The van der Waals surface area contributed by atoms with Crippen molar-refractivity contribution in [2.24, 2.45) is 17.6 Å². The van der Waals surface area contributed by atoms with Gasteiger partial charge in [0.1, 0.15) is 0 Å². The zero-order valence-electron chi connectivity index (χ0n) is 17.4. The predicted octanol–water partition coefficient (Wildman–Crippen LogP) is 3.71. The highest BCUT2D eigenvalue weighted by atomic mass is 15.5. The van der Waals surface area contributed by atoms with Crippen LogP contribution in [0.5, 0.6) is 0 Å². The number of rotatable bonds is 6. The minimum atomic E-state index is -0.171. The van der Waals surface area contributed by atoms with Crippen molar-refractivity contribution >= 4 is 5.57 Å². The zero-order valence-corrected chi connectivity index (χ0v) is 17.4. The Balaban J connectivity index is 1.67. The summed E-state index contributed by atoms with van der Waals surface area (Å²) in [5.74, 6) is 1.76. The van der Waals surface area contributed by atoms with Gasteiger partial charge in [-0.2, -0.15) is 5.21 Å². The second kappa shape index (κ2) is 8.59. The monoisotopic (exact) mass is 392 g/mol. The third kappa shape index (κ3) is 4.05. The Morgan fingerprint density at radius 1 is 1.17 bits per heavy atom. The molecule has 0 radical (unpaired) electrons. The number of allylic oxidation sites excluding steroid dienone is 2. The van der Waals surface area contributed by atoms with Gasteiger partial charge in [-0.25, -0.2) is 0 Å². The van der Waals surface area contributed by atoms with Crippen molar-refractivity contribution in [3.63, 3.8) is 0 Å². The predicted molar refractivity (Wildman–Crippen MR) is 117 cm³/mol. The molecule has 0 amide bonds. The molecule has 1 heterocycles. The molecule has 4 rings (SSSR count). The molecule has 0 aliphatic heterocycles. The average Bonchev–Trinajstić information content (AvgIpc) is 3.28. The standard InChI is InChI=1S/C23H32N6/c1-16(2)15-25-23(18-8-4-3-5-9-18)13-12-17(14-21(23)24)19-10-6-7-11-20(19)22-26-28-29-27-22/h6-7,10-14,16,18,21,25H,3-5,8-9,15,24H2,1-2H3,(H,26,27,28,29). The van der Waals surface area contributed by atoms with Gasteiger partial charge in [0.2, 0.25) is 5.82 Å².